The molecular weight excluding hydrogens is 380 g/mol. The fourth-order valence-corrected chi connectivity index (χ4v) is 3.98. The molecule has 1 aliphatic heterocycles. The Kier molecular flexibility index (Phi) is 8.02. The summed E-state index contributed by atoms with van der Waals surface area (Å²) in [5.41, 5.74) is 1.31. The van der Waals surface area contributed by atoms with Crippen LogP contribution in [0.2, 0.25) is 5.02 Å². The SMILES string of the molecule is O=C(CCSc1ccc(Cl)cc1)NCC1CN(Cc2ccccc2)CCO1. The number of hydrogen-bond acceptors (Lipinski definition) is 4. The zero-order chi connectivity index (χ0) is 18.9. The monoisotopic (exact) mass is 404 g/mol. The van der Waals surface area contributed by atoms with Crippen LogP contribution >= 0.6 is 23.4 Å². The zero-order valence-corrected chi connectivity index (χ0v) is 16.8. The third kappa shape index (κ3) is 7.18. The van der Waals surface area contributed by atoms with Crippen LogP contribution in [0.5, 0.6) is 0 Å². The van der Waals surface area contributed by atoms with Crippen LogP contribution in [0.4, 0.5) is 0 Å². The number of halogens is 1. The van der Waals surface area contributed by atoms with E-state index in [0.29, 0.717) is 19.6 Å². The number of carbonyl (C=O) groups is 1. The second-order valence-corrected chi connectivity index (χ2v) is 8.17. The maximum atomic E-state index is 12.1. The molecule has 3 rings (SSSR count). The van der Waals surface area contributed by atoms with E-state index in [1.54, 1.807) is 11.8 Å². The largest absolute Gasteiger partial charge is 0.374 e. The molecule has 0 spiro atoms. The summed E-state index contributed by atoms with van der Waals surface area (Å²) in [5.74, 6) is 0.819. The number of morpholine rings is 1. The third-order valence-corrected chi connectivity index (χ3v) is 5.68. The minimum atomic E-state index is 0.0512. The highest BCUT2D eigenvalue weighted by Gasteiger charge is 2.20. The minimum absolute atomic E-state index is 0.0512. The molecule has 0 bridgehead atoms. The van der Waals surface area contributed by atoms with Crippen molar-refractivity contribution in [1.29, 1.82) is 0 Å². The Hall–Kier alpha value is -1.53. The first kappa shape index (κ1) is 20.2. The molecule has 0 saturated carbocycles. The molecule has 1 N–H and O–H groups in total. The number of benzene rings is 2. The molecular formula is C21H25ClN2O2S. The highest BCUT2D eigenvalue weighted by molar-refractivity contribution is 7.99. The number of amides is 1. The average molecular weight is 405 g/mol. The third-order valence-electron chi connectivity index (χ3n) is 4.41. The number of thioether (sulfide) groups is 1. The molecule has 1 unspecified atom stereocenters. The molecule has 1 amide bonds. The van der Waals surface area contributed by atoms with E-state index in [0.717, 1.165) is 35.3 Å². The van der Waals surface area contributed by atoms with Gasteiger partial charge >= 0.3 is 0 Å². The van der Waals surface area contributed by atoms with E-state index in [9.17, 15) is 4.79 Å². The molecule has 6 heteroatoms. The molecule has 2 aromatic carbocycles. The van der Waals surface area contributed by atoms with Gasteiger partial charge in [-0.25, -0.2) is 0 Å². The van der Waals surface area contributed by atoms with Gasteiger partial charge in [-0.05, 0) is 29.8 Å². The van der Waals surface area contributed by atoms with Gasteiger partial charge in [0.2, 0.25) is 5.91 Å². The Labute approximate surface area is 170 Å². The van der Waals surface area contributed by atoms with Crippen LogP contribution in [-0.2, 0) is 16.1 Å². The maximum Gasteiger partial charge on any atom is 0.220 e. The summed E-state index contributed by atoms with van der Waals surface area (Å²) in [6, 6.07) is 18.1. The molecule has 0 radical (unpaired) electrons. The average Bonchev–Trinajstić information content (AvgIpc) is 2.69. The first-order valence-corrected chi connectivity index (χ1v) is 10.6. The Morgan fingerprint density at radius 1 is 1.19 bits per heavy atom. The van der Waals surface area contributed by atoms with Gasteiger partial charge in [0.15, 0.2) is 0 Å². The molecule has 1 aliphatic rings. The predicted molar refractivity (Wildman–Crippen MR) is 111 cm³/mol. The van der Waals surface area contributed by atoms with E-state index in [1.807, 2.05) is 30.3 Å². The fraction of sp³-hybridized carbons (Fsp3) is 0.381. The molecule has 27 heavy (non-hydrogen) atoms. The smallest absolute Gasteiger partial charge is 0.220 e. The Morgan fingerprint density at radius 2 is 1.96 bits per heavy atom. The van der Waals surface area contributed by atoms with Crippen molar-refractivity contribution in [3.05, 3.63) is 65.2 Å². The van der Waals surface area contributed by atoms with E-state index >= 15 is 0 Å². The van der Waals surface area contributed by atoms with Crippen molar-refractivity contribution in [3.8, 4) is 0 Å². The maximum absolute atomic E-state index is 12.1. The molecule has 144 valence electrons. The number of carbonyl (C=O) groups excluding carboxylic acids is 1. The molecule has 0 aromatic heterocycles. The van der Waals surface area contributed by atoms with Crippen LogP contribution in [0.25, 0.3) is 0 Å². The van der Waals surface area contributed by atoms with Crippen LogP contribution in [-0.4, -0.2) is 48.9 Å². The molecule has 1 fully saturated rings. The molecule has 2 aromatic rings. The summed E-state index contributed by atoms with van der Waals surface area (Å²) in [6.45, 7) is 3.97. The normalized spacial score (nSPS) is 17.6. The van der Waals surface area contributed by atoms with Gasteiger partial charge in [-0.3, -0.25) is 9.69 Å². The van der Waals surface area contributed by atoms with Gasteiger partial charge in [-0.1, -0.05) is 41.9 Å². The van der Waals surface area contributed by atoms with Crippen molar-refractivity contribution in [3.63, 3.8) is 0 Å². The van der Waals surface area contributed by atoms with Crippen LogP contribution in [0.1, 0.15) is 12.0 Å². The molecule has 0 aliphatic carbocycles. The van der Waals surface area contributed by atoms with Crippen LogP contribution in [0, 0.1) is 0 Å². The highest BCUT2D eigenvalue weighted by atomic mass is 35.5. The number of ether oxygens (including phenoxy) is 1. The first-order valence-electron chi connectivity index (χ1n) is 9.22. The van der Waals surface area contributed by atoms with E-state index in [2.05, 4.69) is 34.5 Å². The standard InChI is InChI=1S/C21H25ClN2O2S/c22-18-6-8-20(9-7-18)27-13-10-21(25)23-14-19-16-24(11-12-26-19)15-17-4-2-1-3-5-17/h1-9,19H,10-16H2,(H,23,25). The van der Waals surface area contributed by atoms with Crippen LogP contribution < -0.4 is 5.32 Å². The quantitative estimate of drug-likeness (QED) is 0.679. The second-order valence-electron chi connectivity index (χ2n) is 6.57. The molecule has 1 saturated heterocycles. The summed E-state index contributed by atoms with van der Waals surface area (Å²) in [6.07, 6.45) is 0.545. The van der Waals surface area contributed by atoms with Crippen molar-refractivity contribution >= 4 is 29.3 Å². The Bertz CT molecular complexity index is 712. The summed E-state index contributed by atoms with van der Waals surface area (Å²) in [4.78, 5) is 15.6. The number of rotatable bonds is 8. The van der Waals surface area contributed by atoms with Gasteiger partial charge in [0.05, 0.1) is 12.7 Å². The Balaban J connectivity index is 1.33. The van der Waals surface area contributed by atoms with Crippen molar-refractivity contribution < 1.29 is 9.53 Å². The van der Waals surface area contributed by atoms with E-state index in [4.69, 9.17) is 16.3 Å². The number of nitrogens with one attached hydrogen (secondary N) is 1. The summed E-state index contributed by atoms with van der Waals surface area (Å²) in [7, 11) is 0. The van der Waals surface area contributed by atoms with Crippen molar-refractivity contribution in [1.82, 2.24) is 10.2 Å². The van der Waals surface area contributed by atoms with E-state index < -0.39 is 0 Å². The lowest BCUT2D eigenvalue weighted by Gasteiger charge is -2.33. The van der Waals surface area contributed by atoms with Gasteiger partial charge in [0, 0.05) is 48.3 Å². The lowest BCUT2D eigenvalue weighted by atomic mass is 10.2. The van der Waals surface area contributed by atoms with Gasteiger partial charge in [0.1, 0.15) is 0 Å². The van der Waals surface area contributed by atoms with Gasteiger partial charge in [-0.15, -0.1) is 11.8 Å². The predicted octanol–water partition coefficient (Wildman–Crippen LogP) is 3.84. The van der Waals surface area contributed by atoms with Gasteiger partial charge < -0.3 is 10.1 Å². The molecule has 4 nitrogen and oxygen atoms in total. The number of hydrogen-bond donors (Lipinski definition) is 1. The second kappa shape index (κ2) is 10.7. The van der Waals surface area contributed by atoms with Gasteiger partial charge in [0.25, 0.3) is 0 Å². The summed E-state index contributed by atoms with van der Waals surface area (Å²) in [5, 5.41) is 3.73. The lowest BCUT2D eigenvalue weighted by Crippen LogP contribution is -2.47. The first-order chi connectivity index (χ1) is 13.2. The van der Waals surface area contributed by atoms with E-state index in [-0.39, 0.29) is 12.0 Å². The van der Waals surface area contributed by atoms with Gasteiger partial charge in [-0.2, -0.15) is 0 Å². The van der Waals surface area contributed by atoms with Crippen LogP contribution in [0.3, 0.4) is 0 Å². The fourth-order valence-electron chi connectivity index (χ4n) is 3.00. The molecule has 1 atom stereocenters. The van der Waals surface area contributed by atoms with Crippen LogP contribution in [0.15, 0.2) is 59.5 Å². The highest BCUT2D eigenvalue weighted by Crippen LogP contribution is 2.20. The minimum Gasteiger partial charge on any atom is -0.374 e. The van der Waals surface area contributed by atoms with Crippen molar-refractivity contribution in [2.24, 2.45) is 0 Å². The topological polar surface area (TPSA) is 41.6 Å². The summed E-state index contributed by atoms with van der Waals surface area (Å²) >= 11 is 7.54. The summed E-state index contributed by atoms with van der Waals surface area (Å²) < 4.78 is 5.81. The van der Waals surface area contributed by atoms with Crippen molar-refractivity contribution in [2.45, 2.75) is 24.0 Å². The molecule has 1 heterocycles. The van der Waals surface area contributed by atoms with E-state index in [1.165, 1.54) is 5.56 Å². The lowest BCUT2D eigenvalue weighted by molar-refractivity contribution is -0.121. The number of nitrogens with zero attached hydrogens (tertiary/aromatic N) is 1. The van der Waals surface area contributed by atoms with Crippen molar-refractivity contribution in [2.75, 3.05) is 32.0 Å². The Morgan fingerprint density at radius 3 is 2.74 bits per heavy atom. The zero-order valence-electron chi connectivity index (χ0n) is 15.3.